The second kappa shape index (κ2) is 5.48. The molecule has 4 nitrogen and oxygen atoms in total. The number of hydrogen-bond donors (Lipinski definition) is 1. The van der Waals surface area contributed by atoms with Crippen LogP contribution in [0.25, 0.3) is 0 Å². The Morgan fingerprint density at radius 3 is 2.81 bits per heavy atom. The summed E-state index contributed by atoms with van der Waals surface area (Å²) < 4.78 is 4.88. The highest BCUT2D eigenvalue weighted by atomic mass is 79.9. The molecule has 0 aliphatic rings. The third-order valence-corrected chi connectivity index (χ3v) is 2.75. The van der Waals surface area contributed by atoms with Crippen molar-refractivity contribution < 1.29 is 9.32 Å². The fraction of sp³-hybridized carbons (Fsp3) is 0.636. The highest BCUT2D eigenvalue weighted by Crippen LogP contribution is 2.20. The fourth-order valence-corrected chi connectivity index (χ4v) is 2.29. The summed E-state index contributed by atoms with van der Waals surface area (Å²) in [5.74, 6) is 0.0652. The minimum Gasteiger partial charge on any atom is -0.351 e. The van der Waals surface area contributed by atoms with E-state index >= 15 is 0 Å². The standard InChI is InChI=1S/C11H17BrN2O2/c1-8-6-9(16-14-8)10(15)13-7-11(2,3)4-5-12/h6H,4-5,7H2,1-3H3,(H,13,15). The van der Waals surface area contributed by atoms with Crippen LogP contribution < -0.4 is 5.32 Å². The Bertz CT molecular complexity index is 361. The van der Waals surface area contributed by atoms with Crippen LogP contribution in [-0.2, 0) is 0 Å². The Morgan fingerprint density at radius 2 is 2.31 bits per heavy atom. The van der Waals surface area contributed by atoms with E-state index in [4.69, 9.17) is 4.52 Å². The number of aryl methyl sites for hydroxylation is 1. The zero-order valence-corrected chi connectivity index (χ0v) is 11.4. The summed E-state index contributed by atoms with van der Waals surface area (Å²) in [6.07, 6.45) is 1.00. The first-order valence-corrected chi connectivity index (χ1v) is 6.34. The molecule has 0 spiro atoms. The van der Waals surface area contributed by atoms with Crippen molar-refractivity contribution in [1.82, 2.24) is 10.5 Å². The number of nitrogens with one attached hydrogen (secondary N) is 1. The van der Waals surface area contributed by atoms with Crippen LogP contribution >= 0.6 is 15.9 Å². The smallest absolute Gasteiger partial charge is 0.289 e. The molecule has 0 aromatic carbocycles. The summed E-state index contributed by atoms with van der Waals surface area (Å²) in [6.45, 7) is 6.63. The lowest BCUT2D eigenvalue weighted by atomic mass is 9.90. The van der Waals surface area contributed by atoms with Crippen molar-refractivity contribution in [3.63, 3.8) is 0 Å². The van der Waals surface area contributed by atoms with Crippen LogP contribution in [0, 0.1) is 12.3 Å². The summed E-state index contributed by atoms with van der Waals surface area (Å²) in [7, 11) is 0. The van der Waals surface area contributed by atoms with E-state index in [2.05, 4.69) is 40.3 Å². The molecule has 0 unspecified atom stereocenters. The number of nitrogens with zero attached hydrogens (tertiary/aromatic N) is 1. The third kappa shape index (κ3) is 3.96. The average molecular weight is 289 g/mol. The van der Waals surface area contributed by atoms with Gasteiger partial charge in [0.2, 0.25) is 5.76 Å². The van der Waals surface area contributed by atoms with Crippen LogP contribution in [0.3, 0.4) is 0 Å². The van der Waals surface area contributed by atoms with Crippen LogP contribution in [0.15, 0.2) is 10.6 Å². The molecule has 0 bridgehead atoms. The number of rotatable bonds is 5. The molecular formula is C11H17BrN2O2. The first-order chi connectivity index (χ1) is 7.44. The second-order valence-electron chi connectivity index (χ2n) is 4.62. The largest absolute Gasteiger partial charge is 0.351 e. The maximum Gasteiger partial charge on any atom is 0.289 e. The van der Waals surface area contributed by atoms with Gasteiger partial charge in [-0.15, -0.1) is 0 Å². The van der Waals surface area contributed by atoms with Crippen LogP contribution in [0.2, 0.25) is 0 Å². The zero-order chi connectivity index (χ0) is 12.2. The van der Waals surface area contributed by atoms with Crippen molar-refractivity contribution >= 4 is 21.8 Å². The van der Waals surface area contributed by atoms with Gasteiger partial charge in [0.25, 0.3) is 5.91 Å². The van der Waals surface area contributed by atoms with Gasteiger partial charge in [-0.05, 0) is 18.8 Å². The van der Waals surface area contributed by atoms with Gasteiger partial charge in [0.05, 0.1) is 5.69 Å². The first-order valence-electron chi connectivity index (χ1n) is 5.22. The van der Waals surface area contributed by atoms with Gasteiger partial charge in [0.1, 0.15) is 0 Å². The lowest BCUT2D eigenvalue weighted by Crippen LogP contribution is -2.34. The van der Waals surface area contributed by atoms with Gasteiger partial charge in [-0.2, -0.15) is 0 Å². The van der Waals surface area contributed by atoms with E-state index in [1.807, 2.05) is 0 Å². The van der Waals surface area contributed by atoms with E-state index in [0.29, 0.717) is 12.2 Å². The maximum absolute atomic E-state index is 11.7. The average Bonchev–Trinajstić information content (AvgIpc) is 2.61. The van der Waals surface area contributed by atoms with E-state index < -0.39 is 0 Å². The number of amides is 1. The molecule has 1 amide bonds. The van der Waals surface area contributed by atoms with Gasteiger partial charge >= 0.3 is 0 Å². The zero-order valence-electron chi connectivity index (χ0n) is 9.84. The van der Waals surface area contributed by atoms with Crippen molar-refractivity contribution in [3.05, 3.63) is 17.5 Å². The topological polar surface area (TPSA) is 55.1 Å². The van der Waals surface area contributed by atoms with Gasteiger partial charge in [0.15, 0.2) is 0 Å². The molecule has 16 heavy (non-hydrogen) atoms. The van der Waals surface area contributed by atoms with Crippen molar-refractivity contribution in [3.8, 4) is 0 Å². The normalized spacial score (nSPS) is 11.5. The van der Waals surface area contributed by atoms with Crippen LogP contribution in [-0.4, -0.2) is 22.9 Å². The van der Waals surface area contributed by atoms with Crippen molar-refractivity contribution in [1.29, 1.82) is 0 Å². The van der Waals surface area contributed by atoms with Gasteiger partial charge in [-0.25, -0.2) is 0 Å². The molecule has 0 fully saturated rings. The lowest BCUT2D eigenvalue weighted by Gasteiger charge is -2.23. The molecule has 5 heteroatoms. The summed E-state index contributed by atoms with van der Waals surface area (Å²) in [4.78, 5) is 11.7. The Balaban J connectivity index is 2.47. The molecule has 90 valence electrons. The molecule has 0 saturated carbocycles. The SMILES string of the molecule is Cc1cc(C(=O)NCC(C)(C)CCBr)on1. The molecular weight excluding hydrogens is 272 g/mol. The Kier molecular flexibility index (Phi) is 4.53. The summed E-state index contributed by atoms with van der Waals surface area (Å²) >= 11 is 3.40. The van der Waals surface area contributed by atoms with Gasteiger partial charge < -0.3 is 9.84 Å². The van der Waals surface area contributed by atoms with Crippen molar-refractivity contribution in [2.75, 3.05) is 11.9 Å². The van der Waals surface area contributed by atoms with Crippen molar-refractivity contribution in [2.24, 2.45) is 5.41 Å². The monoisotopic (exact) mass is 288 g/mol. The third-order valence-electron chi connectivity index (χ3n) is 2.35. The van der Waals surface area contributed by atoms with Gasteiger partial charge in [0, 0.05) is 17.9 Å². The minimum absolute atomic E-state index is 0.0776. The van der Waals surface area contributed by atoms with Gasteiger partial charge in [-0.1, -0.05) is 34.9 Å². The predicted octanol–water partition coefficient (Wildman–Crippen LogP) is 2.52. The van der Waals surface area contributed by atoms with E-state index in [1.165, 1.54) is 0 Å². The van der Waals surface area contributed by atoms with Crippen LogP contribution in [0.1, 0.15) is 36.5 Å². The molecule has 1 rings (SSSR count). The first kappa shape index (κ1) is 13.2. The highest BCUT2D eigenvalue weighted by Gasteiger charge is 2.19. The summed E-state index contributed by atoms with van der Waals surface area (Å²) in [6, 6.07) is 1.63. The molecule has 0 radical (unpaired) electrons. The van der Waals surface area contributed by atoms with E-state index in [1.54, 1.807) is 13.0 Å². The number of hydrogen-bond acceptors (Lipinski definition) is 3. The highest BCUT2D eigenvalue weighted by molar-refractivity contribution is 9.09. The van der Waals surface area contributed by atoms with Crippen molar-refractivity contribution in [2.45, 2.75) is 27.2 Å². The molecule has 0 atom stereocenters. The molecule has 1 aromatic heterocycles. The number of carbonyl (C=O) groups is 1. The summed E-state index contributed by atoms with van der Waals surface area (Å²) in [5, 5.41) is 7.45. The van der Waals surface area contributed by atoms with E-state index in [-0.39, 0.29) is 17.1 Å². The molecule has 0 aliphatic heterocycles. The Hall–Kier alpha value is -0.840. The number of carbonyl (C=O) groups excluding carboxylic acids is 1. The van der Waals surface area contributed by atoms with Crippen LogP contribution in [0.4, 0.5) is 0 Å². The van der Waals surface area contributed by atoms with Crippen LogP contribution in [0.5, 0.6) is 0 Å². The van der Waals surface area contributed by atoms with E-state index in [0.717, 1.165) is 11.8 Å². The van der Waals surface area contributed by atoms with Gasteiger partial charge in [-0.3, -0.25) is 4.79 Å². The minimum atomic E-state index is -0.205. The number of aromatic nitrogens is 1. The Labute approximate surface area is 104 Å². The molecule has 1 N–H and O–H groups in total. The second-order valence-corrected chi connectivity index (χ2v) is 5.41. The predicted molar refractivity (Wildman–Crippen MR) is 65.8 cm³/mol. The molecule has 1 aromatic rings. The quantitative estimate of drug-likeness (QED) is 0.847. The molecule has 0 aliphatic carbocycles. The maximum atomic E-state index is 11.7. The number of alkyl halides is 1. The summed E-state index contributed by atoms with van der Waals surface area (Å²) in [5.41, 5.74) is 0.790. The molecule has 1 heterocycles. The fourth-order valence-electron chi connectivity index (χ4n) is 1.22. The Morgan fingerprint density at radius 1 is 1.62 bits per heavy atom. The lowest BCUT2D eigenvalue weighted by molar-refractivity contribution is 0.0899. The number of halogens is 1. The molecule has 0 saturated heterocycles. The van der Waals surface area contributed by atoms with E-state index in [9.17, 15) is 4.79 Å².